The van der Waals surface area contributed by atoms with Crippen molar-refractivity contribution >= 4 is 11.2 Å². The minimum atomic E-state index is -0.701. The summed E-state index contributed by atoms with van der Waals surface area (Å²) in [7, 11) is 1.40. The van der Waals surface area contributed by atoms with Crippen molar-refractivity contribution in [2.45, 2.75) is 0 Å². The number of fused-ring (bicyclic) bond motifs is 1. The molecule has 21 heavy (non-hydrogen) atoms. The van der Waals surface area contributed by atoms with Gasteiger partial charge in [0.1, 0.15) is 17.2 Å². The number of rotatable bonds is 1. The molecule has 7 nitrogen and oxygen atoms in total. The first-order valence-electron chi connectivity index (χ1n) is 5.96. The Morgan fingerprint density at radius 2 is 1.71 bits per heavy atom. The van der Waals surface area contributed by atoms with E-state index in [9.17, 15) is 18.8 Å². The number of aryl methyl sites for hydroxylation is 1. The molecule has 0 atom stereocenters. The number of aromatic nitrogens is 4. The van der Waals surface area contributed by atoms with Gasteiger partial charge in [0.15, 0.2) is 5.52 Å². The van der Waals surface area contributed by atoms with Crippen LogP contribution in [0.3, 0.4) is 0 Å². The van der Waals surface area contributed by atoms with Crippen LogP contribution >= 0.6 is 0 Å². The summed E-state index contributed by atoms with van der Waals surface area (Å²) >= 11 is 0. The summed E-state index contributed by atoms with van der Waals surface area (Å²) in [5.41, 5.74) is -1.63. The predicted molar refractivity (Wildman–Crippen MR) is 73.6 cm³/mol. The molecule has 0 unspecified atom stereocenters. The number of H-pyrrole nitrogens is 2. The minimum absolute atomic E-state index is 0.0216. The van der Waals surface area contributed by atoms with E-state index in [0.29, 0.717) is 5.56 Å². The average molecular weight is 288 g/mol. The van der Waals surface area contributed by atoms with Crippen LogP contribution in [0.1, 0.15) is 0 Å². The summed E-state index contributed by atoms with van der Waals surface area (Å²) in [5.74, 6) is -0.448. The van der Waals surface area contributed by atoms with Crippen molar-refractivity contribution in [3.05, 3.63) is 61.3 Å². The second-order valence-electron chi connectivity index (χ2n) is 4.44. The third-order valence-electron chi connectivity index (χ3n) is 3.09. The van der Waals surface area contributed by atoms with Crippen molar-refractivity contribution in [2.75, 3.05) is 0 Å². The molecule has 0 aliphatic rings. The number of nitrogens with one attached hydrogen (secondary N) is 2. The number of halogens is 1. The highest BCUT2D eigenvalue weighted by molar-refractivity contribution is 5.72. The lowest BCUT2D eigenvalue weighted by atomic mass is 10.1. The molecule has 0 aliphatic heterocycles. The van der Waals surface area contributed by atoms with Gasteiger partial charge in [-0.25, -0.2) is 14.2 Å². The molecule has 0 saturated heterocycles. The first kappa shape index (κ1) is 13.0. The smallest absolute Gasteiger partial charge is 0.304 e. The van der Waals surface area contributed by atoms with Crippen molar-refractivity contribution in [2.24, 2.45) is 7.05 Å². The van der Waals surface area contributed by atoms with Crippen molar-refractivity contribution < 1.29 is 4.39 Å². The van der Waals surface area contributed by atoms with E-state index >= 15 is 0 Å². The van der Waals surface area contributed by atoms with E-state index in [1.54, 1.807) is 0 Å². The van der Waals surface area contributed by atoms with Gasteiger partial charge >= 0.3 is 5.69 Å². The standard InChI is InChI=1S/C13H9FN4O3/c1-18-10-9(12(20)17-13(18)21)15-8(11(19)16-10)6-2-4-7(14)5-3-6/h2-5H,1H3,(H,16,19)(H,17,20,21). The molecule has 2 N–H and O–H groups in total. The van der Waals surface area contributed by atoms with Crippen molar-refractivity contribution in [3.8, 4) is 11.3 Å². The van der Waals surface area contributed by atoms with Gasteiger partial charge in [0.2, 0.25) is 0 Å². The topological polar surface area (TPSA) is 101 Å². The lowest BCUT2D eigenvalue weighted by molar-refractivity contribution is 0.628. The highest BCUT2D eigenvalue weighted by atomic mass is 19.1. The summed E-state index contributed by atoms with van der Waals surface area (Å²) in [5, 5.41) is 0. The van der Waals surface area contributed by atoms with Crippen LogP contribution in [0.2, 0.25) is 0 Å². The van der Waals surface area contributed by atoms with Gasteiger partial charge in [-0.3, -0.25) is 19.1 Å². The Hall–Kier alpha value is -3.03. The summed E-state index contributed by atoms with van der Waals surface area (Å²) < 4.78 is 14.0. The van der Waals surface area contributed by atoms with Crippen LogP contribution in [0.5, 0.6) is 0 Å². The molecule has 2 aromatic heterocycles. The maximum atomic E-state index is 12.9. The molecule has 106 valence electrons. The van der Waals surface area contributed by atoms with Crippen LogP contribution in [0.25, 0.3) is 22.4 Å². The second-order valence-corrected chi connectivity index (χ2v) is 4.44. The molecule has 0 radical (unpaired) electrons. The monoisotopic (exact) mass is 288 g/mol. The SMILES string of the molecule is Cn1c(=O)[nH]c(=O)c2nc(-c3ccc(F)cc3)c(=O)[nH]c21. The summed E-state index contributed by atoms with van der Waals surface area (Å²) in [6.45, 7) is 0. The van der Waals surface area contributed by atoms with E-state index in [0.717, 1.165) is 4.57 Å². The number of aromatic amines is 2. The fraction of sp³-hybridized carbons (Fsp3) is 0.0769. The number of benzene rings is 1. The van der Waals surface area contributed by atoms with Crippen molar-refractivity contribution in [3.63, 3.8) is 0 Å². The molecule has 0 aliphatic carbocycles. The van der Waals surface area contributed by atoms with Gasteiger partial charge < -0.3 is 4.98 Å². The number of hydrogen-bond acceptors (Lipinski definition) is 4. The van der Waals surface area contributed by atoms with Gasteiger partial charge in [-0.2, -0.15) is 0 Å². The normalized spacial score (nSPS) is 11.0. The molecular formula is C13H9FN4O3. The van der Waals surface area contributed by atoms with Gasteiger partial charge in [-0.15, -0.1) is 0 Å². The molecule has 8 heteroatoms. The molecule has 1 aromatic carbocycles. The largest absolute Gasteiger partial charge is 0.329 e. The lowest BCUT2D eigenvalue weighted by Gasteiger charge is -2.05. The Kier molecular flexibility index (Phi) is 2.79. The van der Waals surface area contributed by atoms with E-state index in [2.05, 4.69) is 15.0 Å². The maximum absolute atomic E-state index is 12.9. The van der Waals surface area contributed by atoms with Crippen LogP contribution in [0.15, 0.2) is 38.6 Å². The van der Waals surface area contributed by atoms with Crippen LogP contribution in [0.4, 0.5) is 4.39 Å². The van der Waals surface area contributed by atoms with Gasteiger partial charge in [0.05, 0.1) is 0 Å². The Labute approximate surface area is 115 Å². The molecule has 3 aromatic rings. The van der Waals surface area contributed by atoms with Gasteiger partial charge in [-0.1, -0.05) is 0 Å². The predicted octanol–water partition coefficient (Wildman–Crippen LogP) is 0.116. The Morgan fingerprint density at radius 1 is 1.05 bits per heavy atom. The maximum Gasteiger partial charge on any atom is 0.329 e. The van der Waals surface area contributed by atoms with Crippen LogP contribution < -0.4 is 16.8 Å². The second kappa shape index (κ2) is 4.51. The highest BCUT2D eigenvalue weighted by Crippen LogP contribution is 2.14. The average Bonchev–Trinajstić information content (AvgIpc) is 2.45. The van der Waals surface area contributed by atoms with Gasteiger partial charge in [0.25, 0.3) is 11.1 Å². The van der Waals surface area contributed by atoms with Gasteiger partial charge in [0, 0.05) is 12.6 Å². The molecule has 0 fully saturated rings. The van der Waals surface area contributed by atoms with E-state index in [1.807, 2.05) is 0 Å². The first-order valence-corrected chi connectivity index (χ1v) is 5.96. The molecule has 0 spiro atoms. The fourth-order valence-electron chi connectivity index (χ4n) is 1.99. The molecule has 3 rings (SSSR count). The van der Waals surface area contributed by atoms with E-state index in [4.69, 9.17) is 0 Å². The zero-order valence-electron chi connectivity index (χ0n) is 10.8. The molecular weight excluding hydrogens is 279 g/mol. The van der Waals surface area contributed by atoms with Crippen molar-refractivity contribution in [1.82, 2.24) is 19.5 Å². The van der Waals surface area contributed by atoms with E-state index in [1.165, 1.54) is 31.3 Å². The molecule has 0 bridgehead atoms. The van der Waals surface area contributed by atoms with E-state index < -0.39 is 22.6 Å². The fourth-order valence-corrected chi connectivity index (χ4v) is 1.99. The number of nitrogens with zero attached hydrogens (tertiary/aromatic N) is 2. The van der Waals surface area contributed by atoms with Crippen LogP contribution in [0, 0.1) is 5.82 Å². The molecule has 2 heterocycles. The third-order valence-corrected chi connectivity index (χ3v) is 3.09. The summed E-state index contributed by atoms with van der Waals surface area (Å²) in [6.07, 6.45) is 0. The molecule has 0 saturated carbocycles. The Balaban J connectivity index is 2.39. The van der Waals surface area contributed by atoms with Crippen LogP contribution in [-0.4, -0.2) is 19.5 Å². The zero-order valence-corrected chi connectivity index (χ0v) is 10.8. The quantitative estimate of drug-likeness (QED) is 0.664. The zero-order chi connectivity index (χ0) is 15.1. The number of hydrogen-bond donors (Lipinski definition) is 2. The van der Waals surface area contributed by atoms with E-state index in [-0.39, 0.29) is 16.9 Å². The van der Waals surface area contributed by atoms with Gasteiger partial charge in [-0.05, 0) is 24.3 Å². The van der Waals surface area contributed by atoms with Crippen molar-refractivity contribution in [1.29, 1.82) is 0 Å². The Bertz CT molecular complexity index is 1010. The molecule has 0 amide bonds. The third kappa shape index (κ3) is 2.06. The lowest BCUT2D eigenvalue weighted by Crippen LogP contribution is -2.31. The summed E-state index contributed by atoms with van der Waals surface area (Å²) in [6, 6.07) is 5.14. The van der Waals surface area contributed by atoms with Crippen LogP contribution in [-0.2, 0) is 7.05 Å². The Morgan fingerprint density at radius 3 is 2.38 bits per heavy atom. The minimum Gasteiger partial charge on any atom is -0.304 e. The highest BCUT2D eigenvalue weighted by Gasteiger charge is 2.12. The summed E-state index contributed by atoms with van der Waals surface area (Å²) in [4.78, 5) is 43.9. The first-order chi connectivity index (χ1) is 9.97.